The first-order valence-corrected chi connectivity index (χ1v) is 7.78. The quantitative estimate of drug-likeness (QED) is 0.912. The van der Waals surface area contributed by atoms with Crippen molar-refractivity contribution in [3.8, 4) is 0 Å². The van der Waals surface area contributed by atoms with Gasteiger partial charge in [-0.1, -0.05) is 18.2 Å². The van der Waals surface area contributed by atoms with E-state index >= 15 is 0 Å². The molecule has 23 heavy (non-hydrogen) atoms. The van der Waals surface area contributed by atoms with Crippen molar-refractivity contribution in [2.45, 2.75) is 39.3 Å². The first-order chi connectivity index (χ1) is 10.9. The fraction of sp³-hybridized carbons (Fsp3) is 0.412. The average Bonchev–Trinajstić information content (AvgIpc) is 3.12. The lowest BCUT2D eigenvalue weighted by molar-refractivity contribution is 0.0583. The highest BCUT2D eigenvalue weighted by Crippen LogP contribution is 2.33. The number of carbonyl (C=O) groups excluding carboxylic acids is 1. The third-order valence-electron chi connectivity index (χ3n) is 3.67. The molecule has 0 saturated heterocycles. The van der Waals surface area contributed by atoms with Gasteiger partial charge in [0.15, 0.2) is 0 Å². The van der Waals surface area contributed by atoms with Crippen molar-refractivity contribution in [2.24, 2.45) is 0 Å². The highest BCUT2D eigenvalue weighted by atomic mass is 16.6. The molecule has 1 aromatic carbocycles. The minimum Gasteiger partial charge on any atom is -0.443 e. The predicted molar refractivity (Wildman–Crippen MR) is 89.6 cm³/mol. The van der Waals surface area contributed by atoms with E-state index in [1.165, 1.54) is 5.56 Å². The van der Waals surface area contributed by atoms with Crippen LogP contribution in [0.25, 0.3) is 0 Å². The number of H-pyrrole nitrogens is 1. The number of carbonyl (C=O) groups is 1. The van der Waals surface area contributed by atoms with Crippen LogP contribution in [0.5, 0.6) is 0 Å². The first-order valence-electron chi connectivity index (χ1n) is 7.78. The molecular weight excluding hydrogens is 292 g/mol. The Labute approximate surface area is 135 Å². The number of hydrogen-bond donors (Lipinski definition) is 2. The molecule has 2 aromatic rings. The zero-order valence-corrected chi connectivity index (χ0v) is 13.7. The zero-order chi connectivity index (χ0) is 16.4. The molecule has 1 aliphatic rings. The predicted octanol–water partition coefficient (Wildman–Crippen LogP) is 3.32. The second-order valence-electron chi connectivity index (χ2n) is 6.65. The summed E-state index contributed by atoms with van der Waals surface area (Å²) in [5.74, 6) is 0. The average molecular weight is 314 g/mol. The van der Waals surface area contributed by atoms with E-state index in [-0.39, 0.29) is 6.09 Å². The Kier molecular flexibility index (Phi) is 3.98. The Morgan fingerprint density at radius 3 is 2.96 bits per heavy atom. The van der Waals surface area contributed by atoms with Crippen LogP contribution >= 0.6 is 0 Å². The number of para-hydroxylation sites is 1. The second-order valence-corrected chi connectivity index (χ2v) is 6.65. The van der Waals surface area contributed by atoms with E-state index in [1.54, 1.807) is 17.3 Å². The van der Waals surface area contributed by atoms with Gasteiger partial charge in [-0.3, -0.25) is 10.00 Å². The largest absolute Gasteiger partial charge is 0.443 e. The van der Waals surface area contributed by atoms with Crippen molar-refractivity contribution in [1.29, 1.82) is 0 Å². The van der Waals surface area contributed by atoms with Crippen molar-refractivity contribution in [2.75, 3.05) is 16.8 Å². The summed E-state index contributed by atoms with van der Waals surface area (Å²) in [7, 11) is 0. The van der Waals surface area contributed by atoms with Crippen LogP contribution in [0.1, 0.15) is 31.9 Å². The monoisotopic (exact) mass is 314 g/mol. The van der Waals surface area contributed by atoms with E-state index in [2.05, 4.69) is 21.6 Å². The van der Waals surface area contributed by atoms with Gasteiger partial charge in [-0.05, 0) is 38.3 Å². The Bertz CT molecular complexity index is 689. The summed E-state index contributed by atoms with van der Waals surface area (Å²) in [6.45, 7) is 6.94. The van der Waals surface area contributed by atoms with Crippen molar-refractivity contribution in [3.63, 3.8) is 0 Å². The lowest BCUT2D eigenvalue weighted by Crippen LogP contribution is -2.36. The fourth-order valence-corrected chi connectivity index (χ4v) is 2.72. The minimum absolute atomic E-state index is 0.285. The van der Waals surface area contributed by atoms with Gasteiger partial charge in [0, 0.05) is 19.3 Å². The maximum absolute atomic E-state index is 12.5. The highest BCUT2D eigenvalue weighted by molar-refractivity contribution is 5.91. The molecule has 0 unspecified atom stereocenters. The van der Waals surface area contributed by atoms with E-state index < -0.39 is 5.60 Å². The van der Waals surface area contributed by atoms with E-state index in [0.29, 0.717) is 13.1 Å². The number of anilines is 2. The van der Waals surface area contributed by atoms with Gasteiger partial charge >= 0.3 is 6.09 Å². The molecule has 6 heteroatoms. The molecule has 0 atom stereocenters. The molecule has 0 fully saturated rings. The van der Waals surface area contributed by atoms with Crippen LogP contribution in [0.2, 0.25) is 0 Å². The number of hydrogen-bond acceptors (Lipinski definition) is 4. The van der Waals surface area contributed by atoms with Crippen LogP contribution < -0.4 is 10.2 Å². The molecule has 1 aliphatic heterocycles. The fourth-order valence-electron chi connectivity index (χ4n) is 2.72. The second kappa shape index (κ2) is 5.95. The molecule has 0 radical (unpaired) electrons. The van der Waals surface area contributed by atoms with E-state index in [0.717, 1.165) is 23.4 Å². The number of amides is 1. The number of fused-ring (bicyclic) bond motifs is 1. The lowest BCUT2D eigenvalue weighted by atomic mass is 10.1. The third kappa shape index (κ3) is 3.47. The Morgan fingerprint density at radius 1 is 1.43 bits per heavy atom. The summed E-state index contributed by atoms with van der Waals surface area (Å²) in [6, 6.07) is 6.14. The van der Waals surface area contributed by atoms with Gasteiger partial charge < -0.3 is 10.1 Å². The van der Waals surface area contributed by atoms with Crippen LogP contribution in [-0.2, 0) is 17.7 Å². The van der Waals surface area contributed by atoms with Crippen LogP contribution in [0.15, 0.2) is 30.6 Å². The number of aromatic amines is 1. The summed E-state index contributed by atoms with van der Waals surface area (Å²) in [5, 5.41) is 10.00. The van der Waals surface area contributed by atoms with Crippen LogP contribution in [0.3, 0.4) is 0 Å². The number of nitrogens with one attached hydrogen (secondary N) is 2. The molecule has 2 N–H and O–H groups in total. The Balaban J connectivity index is 1.81. The van der Waals surface area contributed by atoms with E-state index in [4.69, 9.17) is 4.74 Å². The molecule has 0 bridgehead atoms. The standard InChI is InChI=1S/C17H22N4O2/c1-17(2,3)23-16(22)21-8-7-12-5-4-6-13(15(12)21)9-18-14-10-19-20-11-14/h4-6,10-11,18H,7-9H2,1-3H3,(H,19,20). The topological polar surface area (TPSA) is 70.2 Å². The Morgan fingerprint density at radius 2 is 2.26 bits per heavy atom. The first kappa shape index (κ1) is 15.4. The van der Waals surface area contributed by atoms with Gasteiger partial charge in [0.05, 0.1) is 17.6 Å². The number of aromatic nitrogens is 2. The lowest BCUT2D eigenvalue weighted by Gasteiger charge is -2.26. The smallest absolute Gasteiger partial charge is 0.414 e. The summed E-state index contributed by atoms with van der Waals surface area (Å²) in [6.07, 6.45) is 4.10. The Hall–Kier alpha value is -2.50. The molecule has 6 nitrogen and oxygen atoms in total. The number of nitrogens with zero attached hydrogens (tertiary/aromatic N) is 2. The summed E-state index contributed by atoms with van der Waals surface area (Å²) < 4.78 is 5.54. The summed E-state index contributed by atoms with van der Waals surface area (Å²) >= 11 is 0. The van der Waals surface area contributed by atoms with Crippen molar-refractivity contribution in [3.05, 3.63) is 41.7 Å². The minimum atomic E-state index is -0.496. The van der Waals surface area contributed by atoms with Crippen molar-refractivity contribution >= 4 is 17.5 Å². The molecule has 2 heterocycles. The summed E-state index contributed by atoms with van der Waals surface area (Å²) in [5.41, 5.74) is 3.65. The third-order valence-corrected chi connectivity index (χ3v) is 3.67. The maximum Gasteiger partial charge on any atom is 0.414 e. The van der Waals surface area contributed by atoms with Crippen molar-refractivity contribution in [1.82, 2.24) is 10.2 Å². The normalized spacial score (nSPS) is 13.8. The number of rotatable bonds is 3. The SMILES string of the molecule is CC(C)(C)OC(=O)N1CCc2cccc(CNc3cn[nH]c3)c21. The molecule has 1 aromatic heterocycles. The summed E-state index contributed by atoms with van der Waals surface area (Å²) in [4.78, 5) is 14.2. The molecular formula is C17H22N4O2. The molecule has 122 valence electrons. The van der Waals surface area contributed by atoms with Crippen molar-refractivity contribution < 1.29 is 9.53 Å². The van der Waals surface area contributed by atoms with Gasteiger partial charge in [0.1, 0.15) is 5.60 Å². The van der Waals surface area contributed by atoms with Crippen LogP contribution in [0.4, 0.5) is 16.2 Å². The number of benzene rings is 1. The van der Waals surface area contributed by atoms with E-state index in [1.807, 2.05) is 32.9 Å². The molecule has 0 spiro atoms. The van der Waals surface area contributed by atoms with Gasteiger partial charge in [-0.25, -0.2) is 4.79 Å². The highest BCUT2D eigenvalue weighted by Gasteiger charge is 2.30. The number of ether oxygens (including phenoxy) is 1. The molecule has 0 saturated carbocycles. The van der Waals surface area contributed by atoms with Crippen LogP contribution in [0, 0.1) is 0 Å². The van der Waals surface area contributed by atoms with Gasteiger partial charge in [0.25, 0.3) is 0 Å². The van der Waals surface area contributed by atoms with Gasteiger partial charge in [-0.2, -0.15) is 5.10 Å². The van der Waals surface area contributed by atoms with E-state index in [9.17, 15) is 4.79 Å². The van der Waals surface area contributed by atoms with Gasteiger partial charge in [0.2, 0.25) is 0 Å². The molecule has 0 aliphatic carbocycles. The molecule has 3 rings (SSSR count). The van der Waals surface area contributed by atoms with Crippen LogP contribution in [-0.4, -0.2) is 28.4 Å². The maximum atomic E-state index is 12.5. The van der Waals surface area contributed by atoms with Gasteiger partial charge in [-0.15, -0.1) is 0 Å². The molecule has 1 amide bonds. The zero-order valence-electron chi connectivity index (χ0n) is 13.7.